The molecule has 2 aliphatic rings. The molecule has 0 saturated carbocycles. The van der Waals surface area contributed by atoms with E-state index in [4.69, 9.17) is 0 Å². The standard InChI is InChI=1S/C19H23N3O2/c1-13-18(23)22-9-5-7-16(22)12-21(13)11-15-10-14-6-3-4-8-17(14)20(2)19(15)24/h3-4,6,8,10,13,16H,5,7,9,11-12H2,1-2H3/t13-,16-/m0/s1. The number of nitrogens with zero attached hydrogens (tertiary/aromatic N) is 3. The third-order valence-electron chi connectivity index (χ3n) is 5.59. The van der Waals surface area contributed by atoms with Crippen molar-refractivity contribution >= 4 is 16.8 Å². The van der Waals surface area contributed by atoms with Crippen LogP contribution in [0.3, 0.4) is 0 Å². The molecule has 1 amide bonds. The largest absolute Gasteiger partial charge is 0.337 e. The van der Waals surface area contributed by atoms with Crippen LogP contribution in [0.1, 0.15) is 25.3 Å². The van der Waals surface area contributed by atoms with Crippen molar-refractivity contribution < 1.29 is 4.79 Å². The van der Waals surface area contributed by atoms with E-state index in [0.717, 1.165) is 42.4 Å². The minimum atomic E-state index is -0.157. The number of aryl methyl sites for hydroxylation is 1. The molecule has 0 bridgehead atoms. The van der Waals surface area contributed by atoms with Gasteiger partial charge in [0, 0.05) is 38.3 Å². The molecule has 24 heavy (non-hydrogen) atoms. The average molecular weight is 325 g/mol. The normalized spacial score (nSPS) is 24.6. The Morgan fingerprint density at radius 3 is 2.83 bits per heavy atom. The third-order valence-corrected chi connectivity index (χ3v) is 5.59. The first-order valence-corrected chi connectivity index (χ1v) is 8.68. The molecule has 2 fully saturated rings. The van der Waals surface area contributed by atoms with E-state index in [1.54, 1.807) is 4.57 Å². The SMILES string of the molecule is C[C@H]1C(=O)N2CCC[C@H]2CN1Cc1cc2ccccc2n(C)c1=O. The van der Waals surface area contributed by atoms with E-state index in [1.807, 2.05) is 49.2 Å². The predicted molar refractivity (Wildman–Crippen MR) is 93.8 cm³/mol. The van der Waals surface area contributed by atoms with Crippen molar-refractivity contribution in [1.82, 2.24) is 14.4 Å². The molecule has 0 unspecified atom stereocenters. The summed E-state index contributed by atoms with van der Waals surface area (Å²) in [5.74, 6) is 0.210. The van der Waals surface area contributed by atoms with Gasteiger partial charge >= 0.3 is 0 Å². The number of amides is 1. The summed E-state index contributed by atoms with van der Waals surface area (Å²) in [4.78, 5) is 29.5. The number of hydrogen-bond donors (Lipinski definition) is 0. The first kappa shape index (κ1) is 15.4. The van der Waals surface area contributed by atoms with Gasteiger partial charge in [0.15, 0.2) is 0 Å². The molecule has 1 aromatic heterocycles. The Morgan fingerprint density at radius 1 is 1.21 bits per heavy atom. The lowest BCUT2D eigenvalue weighted by atomic mass is 10.1. The summed E-state index contributed by atoms with van der Waals surface area (Å²) >= 11 is 0. The molecule has 0 radical (unpaired) electrons. The van der Waals surface area contributed by atoms with Crippen molar-refractivity contribution in [3.05, 3.63) is 46.2 Å². The lowest BCUT2D eigenvalue weighted by Gasteiger charge is -2.41. The molecule has 5 heteroatoms. The number of carbonyl (C=O) groups is 1. The van der Waals surface area contributed by atoms with Gasteiger partial charge in [-0.15, -0.1) is 0 Å². The maximum absolute atomic E-state index is 12.7. The molecule has 2 saturated heterocycles. The minimum absolute atomic E-state index is 0.0298. The van der Waals surface area contributed by atoms with Gasteiger partial charge in [0.1, 0.15) is 0 Å². The van der Waals surface area contributed by atoms with Gasteiger partial charge in [-0.2, -0.15) is 0 Å². The Kier molecular flexibility index (Phi) is 3.68. The zero-order valence-corrected chi connectivity index (χ0v) is 14.2. The lowest BCUT2D eigenvalue weighted by molar-refractivity contribution is -0.143. The van der Waals surface area contributed by atoms with Crippen LogP contribution in [0.5, 0.6) is 0 Å². The van der Waals surface area contributed by atoms with E-state index >= 15 is 0 Å². The molecule has 0 N–H and O–H groups in total. The highest BCUT2D eigenvalue weighted by atomic mass is 16.2. The van der Waals surface area contributed by atoms with Crippen molar-refractivity contribution in [2.75, 3.05) is 13.1 Å². The second-order valence-corrected chi connectivity index (χ2v) is 7.03. The van der Waals surface area contributed by atoms with Crippen molar-refractivity contribution in [2.45, 2.75) is 38.4 Å². The van der Waals surface area contributed by atoms with Crippen LogP contribution in [0.4, 0.5) is 0 Å². The van der Waals surface area contributed by atoms with Crippen molar-refractivity contribution in [3.8, 4) is 0 Å². The van der Waals surface area contributed by atoms with E-state index in [1.165, 1.54) is 0 Å². The third kappa shape index (κ3) is 2.35. The smallest absolute Gasteiger partial charge is 0.255 e. The van der Waals surface area contributed by atoms with Crippen LogP contribution in [-0.4, -0.2) is 45.4 Å². The van der Waals surface area contributed by atoms with Gasteiger partial charge in [-0.1, -0.05) is 18.2 Å². The number of piperazine rings is 1. The molecule has 126 valence electrons. The van der Waals surface area contributed by atoms with Crippen molar-refractivity contribution in [1.29, 1.82) is 0 Å². The van der Waals surface area contributed by atoms with Crippen LogP contribution in [-0.2, 0) is 18.4 Å². The van der Waals surface area contributed by atoms with Crippen molar-refractivity contribution in [2.24, 2.45) is 7.05 Å². The van der Waals surface area contributed by atoms with Crippen LogP contribution >= 0.6 is 0 Å². The first-order valence-electron chi connectivity index (χ1n) is 8.68. The minimum Gasteiger partial charge on any atom is -0.337 e. The fourth-order valence-electron chi connectivity index (χ4n) is 4.16. The topological polar surface area (TPSA) is 45.6 Å². The number of benzene rings is 1. The molecular formula is C19H23N3O2. The van der Waals surface area contributed by atoms with E-state index in [0.29, 0.717) is 12.6 Å². The molecule has 0 aliphatic carbocycles. The van der Waals surface area contributed by atoms with E-state index in [9.17, 15) is 9.59 Å². The highest BCUT2D eigenvalue weighted by Crippen LogP contribution is 2.26. The van der Waals surface area contributed by atoms with Gasteiger partial charge < -0.3 is 9.47 Å². The van der Waals surface area contributed by atoms with E-state index in [2.05, 4.69) is 4.90 Å². The first-order chi connectivity index (χ1) is 11.6. The highest BCUT2D eigenvalue weighted by Gasteiger charge is 2.40. The molecule has 2 atom stereocenters. The van der Waals surface area contributed by atoms with Gasteiger partial charge in [0.2, 0.25) is 5.91 Å². The van der Waals surface area contributed by atoms with Gasteiger partial charge in [-0.3, -0.25) is 14.5 Å². The molecule has 2 aromatic rings. The lowest BCUT2D eigenvalue weighted by Crippen LogP contribution is -2.58. The number of fused-ring (bicyclic) bond motifs is 2. The second-order valence-electron chi connectivity index (χ2n) is 7.03. The molecule has 4 rings (SSSR count). The molecule has 1 aromatic carbocycles. The summed E-state index contributed by atoms with van der Waals surface area (Å²) in [6.07, 6.45) is 2.17. The monoisotopic (exact) mass is 325 g/mol. The molecule has 2 aliphatic heterocycles. The number of carbonyl (C=O) groups excluding carboxylic acids is 1. The van der Waals surface area contributed by atoms with Crippen molar-refractivity contribution in [3.63, 3.8) is 0 Å². The molecule has 3 heterocycles. The van der Waals surface area contributed by atoms with Crippen LogP contribution in [0.2, 0.25) is 0 Å². The summed E-state index contributed by atoms with van der Waals surface area (Å²) in [6, 6.07) is 10.1. The summed E-state index contributed by atoms with van der Waals surface area (Å²) in [5.41, 5.74) is 1.74. The number of rotatable bonds is 2. The summed E-state index contributed by atoms with van der Waals surface area (Å²) in [6.45, 7) is 4.25. The molecule has 0 spiro atoms. The van der Waals surface area contributed by atoms with E-state index < -0.39 is 0 Å². The van der Waals surface area contributed by atoms with E-state index in [-0.39, 0.29) is 17.5 Å². The maximum atomic E-state index is 12.7. The predicted octanol–water partition coefficient (Wildman–Crippen LogP) is 1.73. The van der Waals surface area contributed by atoms with Gasteiger partial charge in [-0.05, 0) is 37.3 Å². The Balaban J connectivity index is 1.68. The number of pyridine rings is 1. The number of aromatic nitrogens is 1. The van der Waals surface area contributed by atoms with Crippen LogP contribution in [0, 0.1) is 0 Å². The zero-order chi connectivity index (χ0) is 16.8. The van der Waals surface area contributed by atoms with Crippen LogP contribution < -0.4 is 5.56 Å². The Bertz CT molecular complexity index is 857. The summed E-state index contributed by atoms with van der Waals surface area (Å²) < 4.78 is 1.71. The maximum Gasteiger partial charge on any atom is 0.255 e. The second kappa shape index (κ2) is 5.74. The summed E-state index contributed by atoms with van der Waals surface area (Å²) in [5, 5.41) is 1.06. The zero-order valence-electron chi connectivity index (χ0n) is 14.2. The highest BCUT2D eigenvalue weighted by molar-refractivity contribution is 5.83. The van der Waals surface area contributed by atoms with Crippen LogP contribution in [0.25, 0.3) is 10.9 Å². The Morgan fingerprint density at radius 2 is 2.00 bits per heavy atom. The quantitative estimate of drug-likeness (QED) is 0.845. The average Bonchev–Trinajstić information content (AvgIpc) is 3.05. The fourth-order valence-corrected chi connectivity index (χ4v) is 4.16. The Labute approximate surface area is 141 Å². The Hall–Kier alpha value is -2.14. The molecular weight excluding hydrogens is 302 g/mol. The molecule has 5 nitrogen and oxygen atoms in total. The fraction of sp³-hybridized carbons (Fsp3) is 0.474. The van der Waals surface area contributed by atoms with Gasteiger partial charge in [-0.25, -0.2) is 0 Å². The summed E-state index contributed by atoms with van der Waals surface area (Å²) in [7, 11) is 1.82. The number of para-hydroxylation sites is 1. The van der Waals surface area contributed by atoms with Gasteiger partial charge in [0.05, 0.1) is 11.6 Å². The number of hydrogen-bond acceptors (Lipinski definition) is 3. The van der Waals surface area contributed by atoms with Gasteiger partial charge in [0.25, 0.3) is 5.56 Å². The van der Waals surface area contributed by atoms with Crippen LogP contribution in [0.15, 0.2) is 35.1 Å².